The number of carbonyl (C=O) groups excluding carboxylic acids is 1. The van der Waals surface area contributed by atoms with Crippen molar-refractivity contribution in [1.82, 2.24) is 9.55 Å². The van der Waals surface area contributed by atoms with E-state index in [1.54, 1.807) is 0 Å². The fraction of sp³-hybridized carbons (Fsp3) is 0.450. The number of amides is 1. The SMILES string of the molecule is CCCn1c(N)c(N(CCOC)C(=O)CCc2cccc(C)c2)c(=O)[nH]c1=O. The Hall–Kier alpha value is -2.87. The fourth-order valence-corrected chi connectivity index (χ4v) is 3.08. The number of hydrogen-bond acceptors (Lipinski definition) is 5. The first-order valence-electron chi connectivity index (χ1n) is 9.36. The molecule has 0 atom stereocenters. The number of aromatic amines is 1. The van der Waals surface area contributed by atoms with Gasteiger partial charge in [-0.1, -0.05) is 36.8 Å². The molecular formula is C20H28N4O4. The van der Waals surface area contributed by atoms with Crippen molar-refractivity contribution in [3.8, 4) is 0 Å². The second-order valence-electron chi connectivity index (χ2n) is 6.67. The lowest BCUT2D eigenvalue weighted by Gasteiger charge is -2.24. The Bertz CT molecular complexity index is 933. The number of aromatic nitrogens is 2. The standard InChI is InChI=1S/C20H28N4O4/c1-4-10-24-18(21)17(19(26)22-20(24)27)23(11-12-28-3)16(25)9-8-15-7-5-6-14(2)13-15/h5-7,13H,4,8-12,21H2,1-3H3,(H,22,26,27). The van der Waals surface area contributed by atoms with Gasteiger partial charge in [-0.3, -0.25) is 19.1 Å². The fourth-order valence-electron chi connectivity index (χ4n) is 3.08. The lowest BCUT2D eigenvalue weighted by atomic mass is 10.1. The highest BCUT2D eigenvalue weighted by atomic mass is 16.5. The number of nitrogens with zero attached hydrogens (tertiary/aromatic N) is 2. The number of ether oxygens (including phenoxy) is 1. The van der Waals surface area contributed by atoms with E-state index in [0.29, 0.717) is 19.4 Å². The third-order valence-corrected chi connectivity index (χ3v) is 4.46. The largest absolute Gasteiger partial charge is 0.383 e. The molecule has 0 aliphatic heterocycles. The van der Waals surface area contributed by atoms with Gasteiger partial charge < -0.3 is 15.4 Å². The van der Waals surface area contributed by atoms with Crippen molar-refractivity contribution in [1.29, 1.82) is 0 Å². The van der Waals surface area contributed by atoms with E-state index in [2.05, 4.69) is 4.98 Å². The van der Waals surface area contributed by atoms with Crippen LogP contribution < -0.4 is 21.9 Å². The van der Waals surface area contributed by atoms with E-state index in [-0.39, 0.29) is 37.0 Å². The van der Waals surface area contributed by atoms with Crippen LogP contribution in [0, 0.1) is 6.92 Å². The monoisotopic (exact) mass is 388 g/mol. The van der Waals surface area contributed by atoms with Crippen LogP contribution in [0.5, 0.6) is 0 Å². The minimum Gasteiger partial charge on any atom is -0.383 e. The Kier molecular flexibility index (Phi) is 7.57. The Balaban J connectivity index is 2.35. The van der Waals surface area contributed by atoms with Crippen molar-refractivity contribution in [2.75, 3.05) is 30.9 Å². The minimum atomic E-state index is -0.671. The minimum absolute atomic E-state index is 0.000609. The zero-order chi connectivity index (χ0) is 20.7. The molecule has 0 saturated heterocycles. The second-order valence-corrected chi connectivity index (χ2v) is 6.67. The van der Waals surface area contributed by atoms with Gasteiger partial charge in [0, 0.05) is 26.6 Å². The highest BCUT2D eigenvalue weighted by Gasteiger charge is 2.23. The van der Waals surface area contributed by atoms with Crippen molar-refractivity contribution in [3.63, 3.8) is 0 Å². The molecule has 28 heavy (non-hydrogen) atoms. The number of nitrogens with two attached hydrogens (primary N) is 1. The average Bonchev–Trinajstić information content (AvgIpc) is 2.65. The molecule has 2 rings (SSSR count). The molecule has 0 aliphatic carbocycles. The summed E-state index contributed by atoms with van der Waals surface area (Å²) in [4.78, 5) is 41.0. The predicted octanol–water partition coefficient (Wildman–Crippen LogP) is 1.45. The number of carbonyl (C=O) groups is 1. The van der Waals surface area contributed by atoms with E-state index in [9.17, 15) is 14.4 Å². The molecular weight excluding hydrogens is 360 g/mol. The number of H-pyrrole nitrogens is 1. The van der Waals surface area contributed by atoms with E-state index in [1.807, 2.05) is 38.1 Å². The second kappa shape index (κ2) is 9.89. The van der Waals surface area contributed by atoms with Crippen LogP contribution in [-0.4, -0.2) is 35.7 Å². The molecule has 1 heterocycles. The van der Waals surface area contributed by atoms with Crippen LogP contribution in [0.25, 0.3) is 0 Å². The van der Waals surface area contributed by atoms with Gasteiger partial charge in [0.15, 0.2) is 5.69 Å². The topological polar surface area (TPSA) is 110 Å². The maximum absolute atomic E-state index is 12.9. The highest BCUT2D eigenvalue weighted by Crippen LogP contribution is 2.19. The molecule has 8 nitrogen and oxygen atoms in total. The summed E-state index contributed by atoms with van der Waals surface area (Å²) in [5, 5.41) is 0. The molecule has 0 radical (unpaired) electrons. The molecule has 0 fully saturated rings. The molecule has 3 N–H and O–H groups in total. The van der Waals surface area contributed by atoms with Crippen molar-refractivity contribution in [3.05, 3.63) is 56.2 Å². The Morgan fingerprint density at radius 3 is 2.71 bits per heavy atom. The Morgan fingerprint density at radius 1 is 1.32 bits per heavy atom. The molecule has 0 spiro atoms. The van der Waals surface area contributed by atoms with Gasteiger partial charge in [0.05, 0.1) is 6.61 Å². The summed E-state index contributed by atoms with van der Waals surface area (Å²) in [7, 11) is 1.51. The Morgan fingerprint density at radius 2 is 2.07 bits per heavy atom. The van der Waals surface area contributed by atoms with Gasteiger partial charge in [0.25, 0.3) is 5.56 Å². The van der Waals surface area contributed by atoms with Crippen LogP contribution in [-0.2, 0) is 22.5 Å². The number of benzene rings is 1. The summed E-state index contributed by atoms with van der Waals surface area (Å²) in [6.45, 7) is 4.65. The zero-order valence-corrected chi connectivity index (χ0v) is 16.7. The number of rotatable bonds is 9. The average molecular weight is 388 g/mol. The van der Waals surface area contributed by atoms with Crippen LogP contribution >= 0.6 is 0 Å². The number of methoxy groups -OCH3 is 1. The highest BCUT2D eigenvalue weighted by molar-refractivity contribution is 5.95. The van der Waals surface area contributed by atoms with Gasteiger partial charge in [-0.25, -0.2) is 4.79 Å². The Labute approximate surface area is 163 Å². The van der Waals surface area contributed by atoms with E-state index < -0.39 is 11.2 Å². The van der Waals surface area contributed by atoms with Crippen molar-refractivity contribution < 1.29 is 9.53 Å². The summed E-state index contributed by atoms with van der Waals surface area (Å²) in [6.07, 6.45) is 1.41. The third-order valence-electron chi connectivity index (χ3n) is 4.46. The molecule has 0 saturated carbocycles. The van der Waals surface area contributed by atoms with Crippen molar-refractivity contribution in [2.45, 2.75) is 39.7 Å². The van der Waals surface area contributed by atoms with Gasteiger partial charge in [-0.15, -0.1) is 0 Å². The van der Waals surface area contributed by atoms with Gasteiger partial charge in [-0.2, -0.15) is 0 Å². The third kappa shape index (κ3) is 5.10. The first-order chi connectivity index (χ1) is 13.4. The predicted molar refractivity (Wildman–Crippen MR) is 110 cm³/mol. The molecule has 1 aromatic carbocycles. The van der Waals surface area contributed by atoms with Crippen LogP contribution in [0.15, 0.2) is 33.9 Å². The van der Waals surface area contributed by atoms with E-state index in [0.717, 1.165) is 11.1 Å². The van der Waals surface area contributed by atoms with Gasteiger partial charge >= 0.3 is 5.69 Å². The number of anilines is 2. The molecule has 2 aromatic rings. The van der Waals surface area contributed by atoms with Gasteiger partial charge in [-0.05, 0) is 25.3 Å². The molecule has 1 amide bonds. The summed E-state index contributed by atoms with van der Waals surface area (Å²) in [5.41, 5.74) is 7.03. The maximum Gasteiger partial charge on any atom is 0.330 e. The number of hydrogen-bond donors (Lipinski definition) is 2. The number of nitrogens with one attached hydrogen (secondary N) is 1. The molecule has 8 heteroatoms. The molecule has 152 valence electrons. The van der Waals surface area contributed by atoms with Crippen LogP contribution in [0.1, 0.15) is 30.9 Å². The van der Waals surface area contributed by atoms with E-state index in [4.69, 9.17) is 10.5 Å². The van der Waals surface area contributed by atoms with Gasteiger partial charge in [0.2, 0.25) is 5.91 Å². The van der Waals surface area contributed by atoms with Crippen molar-refractivity contribution in [2.24, 2.45) is 0 Å². The summed E-state index contributed by atoms with van der Waals surface area (Å²) in [6, 6.07) is 7.92. The molecule has 0 aliphatic rings. The first kappa shape index (κ1) is 21.4. The number of aryl methyl sites for hydroxylation is 2. The summed E-state index contributed by atoms with van der Waals surface area (Å²) in [5.74, 6) is -0.256. The van der Waals surface area contributed by atoms with Gasteiger partial charge in [0.1, 0.15) is 5.82 Å². The zero-order valence-electron chi connectivity index (χ0n) is 16.7. The quantitative estimate of drug-likeness (QED) is 0.675. The van der Waals surface area contributed by atoms with Crippen molar-refractivity contribution >= 4 is 17.4 Å². The first-order valence-corrected chi connectivity index (χ1v) is 9.36. The summed E-state index contributed by atoms with van der Waals surface area (Å²) < 4.78 is 6.37. The normalized spacial score (nSPS) is 10.8. The van der Waals surface area contributed by atoms with Crippen LogP contribution in [0.4, 0.5) is 11.5 Å². The van der Waals surface area contributed by atoms with E-state index >= 15 is 0 Å². The van der Waals surface area contributed by atoms with E-state index in [1.165, 1.54) is 16.6 Å². The van der Waals surface area contributed by atoms with Crippen LogP contribution in [0.2, 0.25) is 0 Å². The molecule has 0 bridgehead atoms. The van der Waals surface area contributed by atoms with Crippen LogP contribution in [0.3, 0.4) is 0 Å². The smallest absolute Gasteiger partial charge is 0.330 e. The lowest BCUT2D eigenvalue weighted by Crippen LogP contribution is -2.42. The molecule has 1 aromatic heterocycles. The number of nitrogen functional groups attached to an aromatic ring is 1. The maximum atomic E-state index is 12.9. The molecule has 0 unspecified atom stereocenters. The lowest BCUT2D eigenvalue weighted by molar-refractivity contribution is -0.118. The summed E-state index contributed by atoms with van der Waals surface area (Å²) >= 11 is 0.